The van der Waals surface area contributed by atoms with Crippen molar-refractivity contribution < 1.29 is 9.47 Å². The van der Waals surface area contributed by atoms with Crippen LogP contribution in [0.15, 0.2) is 30.3 Å². The smallest absolute Gasteiger partial charge is 0.0950 e. The van der Waals surface area contributed by atoms with Crippen LogP contribution in [-0.2, 0) is 9.47 Å². The molecule has 1 unspecified atom stereocenters. The summed E-state index contributed by atoms with van der Waals surface area (Å²) in [6.07, 6.45) is 0.0500. The summed E-state index contributed by atoms with van der Waals surface area (Å²) in [6, 6.07) is 10.3. The molecule has 0 fully saturated rings. The van der Waals surface area contributed by atoms with E-state index in [9.17, 15) is 0 Å². The molecule has 0 saturated carbocycles. The van der Waals surface area contributed by atoms with Crippen molar-refractivity contribution in [1.82, 2.24) is 5.32 Å². The Morgan fingerprint density at radius 2 is 1.57 bits per heavy atom. The van der Waals surface area contributed by atoms with E-state index in [-0.39, 0.29) is 17.2 Å². The third-order valence-electron chi connectivity index (χ3n) is 2.93. The summed E-state index contributed by atoms with van der Waals surface area (Å²) in [5.74, 6) is 0. The van der Waals surface area contributed by atoms with Crippen molar-refractivity contribution in [2.75, 3.05) is 19.8 Å². The summed E-state index contributed by atoms with van der Waals surface area (Å²) < 4.78 is 11.7. The SMILES string of the molecule is CC(C)(C)NCC(OCCOC(C)(C)C)c1ccccc1. The molecule has 0 radical (unpaired) electrons. The molecule has 3 nitrogen and oxygen atoms in total. The second-order valence-electron chi connectivity index (χ2n) is 7.36. The molecule has 21 heavy (non-hydrogen) atoms. The zero-order valence-corrected chi connectivity index (χ0v) is 14.4. The van der Waals surface area contributed by atoms with Gasteiger partial charge in [-0.15, -0.1) is 0 Å². The molecule has 1 atom stereocenters. The molecule has 1 aromatic rings. The van der Waals surface area contributed by atoms with Crippen LogP contribution in [0.4, 0.5) is 0 Å². The van der Waals surface area contributed by atoms with Crippen molar-refractivity contribution >= 4 is 0 Å². The number of hydrogen-bond donors (Lipinski definition) is 1. The Kier molecular flexibility index (Phi) is 6.85. The monoisotopic (exact) mass is 293 g/mol. The maximum atomic E-state index is 6.03. The quantitative estimate of drug-likeness (QED) is 0.772. The van der Waals surface area contributed by atoms with Crippen LogP contribution < -0.4 is 5.32 Å². The highest BCUT2D eigenvalue weighted by Gasteiger charge is 2.17. The van der Waals surface area contributed by atoms with Gasteiger partial charge in [-0.05, 0) is 47.1 Å². The first kappa shape index (κ1) is 18.1. The Balaban J connectivity index is 2.53. The van der Waals surface area contributed by atoms with Gasteiger partial charge >= 0.3 is 0 Å². The number of hydrogen-bond acceptors (Lipinski definition) is 3. The van der Waals surface area contributed by atoms with Gasteiger partial charge in [0.2, 0.25) is 0 Å². The summed E-state index contributed by atoms with van der Waals surface area (Å²) in [6.45, 7) is 14.7. The minimum atomic E-state index is -0.116. The van der Waals surface area contributed by atoms with Gasteiger partial charge in [0.15, 0.2) is 0 Å². The molecule has 0 amide bonds. The van der Waals surface area contributed by atoms with Crippen molar-refractivity contribution in [1.29, 1.82) is 0 Å². The molecule has 1 rings (SSSR count). The molecular formula is C18H31NO2. The molecule has 1 N–H and O–H groups in total. The molecule has 3 heteroatoms. The fourth-order valence-electron chi connectivity index (χ4n) is 1.88. The Hall–Kier alpha value is -0.900. The summed E-state index contributed by atoms with van der Waals surface area (Å²) in [7, 11) is 0. The Bertz CT molecular complexity index is 390. The van der Waals surface area contributed by atoms with E-state index < -0.39 is 0 Å². The number of rotatable bonds is 7. The maximum Gasteiger partial charge on any atom is 0.0950 e. The average molecular weight is 293 g/mol. The fraction of sp³-hybridized carbons (Fsp3) is 0.667. The number of nitrogens with one attached hydrogen (secondary N) is 1. The first-order chi connectivity index (χ1) is 9.67. The first-order valence-electron chi connectivity index (χ1n) is 7.73. The molecule has 0 aliphatic carbocycles. The lowest BCUT2D eigenvalue weighted by Gasteiger charge is -2.26. The van der Waals surface area contributed by atoms with Crippen LogP contribution in [0.2, 0.25) is 0 Å². The van der Waals surface area contributed by atoms with Gasteiger partial charge in [0.05, 0.1) is 24.9 Å². The lowest BCUT2D eigenvalue weighted by atomic mass is 10.1. The van der Waals surface area contributed by atoms with Gasteiger partial charge < -0.3 is 14.8 Å². The maximum absolute atomic E-state index is 6.03. The molecule has 0 aromatic heterocycles. The predicted octanol–water partition coefficient (Wildman–Crippen LogP) is 3.95. The van der Waals surface area contributed by atoms with Gasteiger partial charge in [-0.2, -0.15) is 0 Å². The van der Waals surface area contributed by atoms with E-state index >= 15 is 0 Å². The number of benzene rings is 1. The van der Waals surface area contributed by atoms with Crippen molar-refractivity contribution in [3.05, 3.63) is 35.9 Å². The van der Waals surface area contributed by atoms with Crippen LogP contribution in [0.5, 0.6) is 0 Å². The second-order valence-corrected chi connectivity index (χ2v) is 7.36. The van der Waals surface area contributed by atoms with E-state index in [4.69, 9.17) is 9.47 Å². The highest BCUT2D eigenvalue weighted by atomic mass is 16.5. The van der Waals surface area contributed by atoms with E-state index in [1.54, 1.807) is 0 Å². The van der Waals surface area contributed by atoms with E-state index in [2.05, 4.69) is 71.1 Å². The first-order valence-corrected chi connectivity index (χ1v) is 7.73. The van der Waals surface area contributed by atoms with Crippen molar-refractivity contribution in [3.63, 3.8) is 0 Å². The Morgan fingerprint density at radius 3 is 2.10 bits per heavy atom. The minimum absolute atomic E-state index is 0.0500. The van der Waals surface area contributed by atoms with Crippen LogP contribution in [0.1, 0.15) is 53.2 Å². The third kappa shape index (κ3) is 8.86. The van der Waals surface area contributed by atoms with Gasteiger partial charge in [-0.1, -0.05) is 30.3 Å². The lowest BCUT2D eigenvalue weighted by molar-refractivity contribution is -0.0526. The van der Waals surface area contributed by atoms with E-state index in [0.717, 1.165) is 6.54 Å². The van der Waals surface area contributed by atoms with Gasteiger partial charge in [-0.25, -0.2) is 0 Å². The summed E-state index contributed by atoms with van der Waals surface area (Å²) in [4.78, 5) is 0. The lowest BCUT2D eigenvalue weighted by Crippen LogP contribution is -2.39. The van der Waals surface area contributed by atoms with Crippen LogP contribution >= 0.6 is 0 Å². The van der Waals surface area contributed by atoms with Gasteiger partial charge in [0.1, 0.15) is 0 Å². The summed E-state index contributed by atoms with van der Waals surface area (Å²) in [5.41, 5.74) is 1.16. The molecule has 0 aliphatic rings. The van der Waals surface area contributed by atoms with Crippen LogP contribution in [0.3, 0.4) is 0 Å². The molecular weight excluding hydrogens is 262 g/mol. The van der Waals surface area contributed by atoms with E-state index in [0.29, 0.717) is 13.2 Å². The van der Waals surface area contributed by atoms with Crippen molar-refractivity contribution in [2.24, 2.45) is 0 Å². The molecule has 0 spiro atoms. The van der Waals surface area contributed by atoms with Crippen molar-refractivity contribution in [2.45, 2.75) is 58.8 Å². The van der Waals surface area contributed by atoms with Gasteiger partial charge in [0, 0.05) is 12.1 Å². The fourth-order valence-corrected chi connectivity index (χ4v) is 1.88. The molecule has 120 valence electrons. The minimum Gasteiger partial charge on any atom is -0.373 e. The molecule has 0 saturated heterocycles. The Labute approximate surface area is 130 Å². The zero-order valence-electron chi connectivity index (χ0n) is 14.4. The second kappa shape index (κ2) is 7.92. The van der Waals surface area contributed by atoms with Gasteiger partial charge in [0.25, 0.3) is 0 Å². The molecule has 0 aliphatic heterocycles. The Morgan fingerprint density at radius 1 is 0.952 bits per heavy atom. The molecule has 0 bridgehead atoms. The van der Waals surface area contributed by atoms with Crippen LogP contribution in [-0.4, -0.2) is 30.9 Å². The standard InChI is InChI=1S/C18H31NO2/c1-17(2,3)19-14-16(15-10-8-7-9-11-15)20-12-13-21-18(4,5)6/h7-11,16,19H,12-14H2,1-6H3. The summed E-state index contributed by atoms with van der Waals surface area (Å²) in [5, 5.41) is 3.51. The molecule has 1 aromatic carbocycles. The van der Waals surface area contributed by atoms with Crippen LogP contribution in [0.25, 0.3) is 0 Å². The summed E-state index contributed by atoms with van der Waals surface area (Å²) >= 11 is 0. The van der Waals surface area contributed by atoms with E-state index in [1.165, 1.54) is 5.56 Å². The van der Waals surface area contributed by atoms with Crippen molar-refractivity contribution in [3.8, 4) is 0 Å². The third-order valence-corrected chi connectivity index (χ3v) is 2.93. The normalized spacial score (nSPS) is 14.2. The molecule has 0 heterocycles. The highest BCUT2D eigenvalue weighted by molar-refractivity contribution is 5.18. The largest absolute Gasteiger partial charge is 0.373 e. The topological polar surface area (TPSA) is 30.5 Å². The van der Waals surface area contributed by atoms with Gasteiger partial charge in [-0.3, -0.25) is 0 Å². The zero-order chi connectivity index (χ0) is 15.9. The average Bonchev–Trinajstić information content (AvgIpc) is 2.36. The highest BCUT2D eigenvalue weighted by Crippen LogP contribution is 2.18. The van der Waals surface area contributed by atoms with E-state index in [1.807, 2.05) is 6.07 Å². The predicted molar refractivity (Wildman–Crippen MR) is 88.6 cm³/mol. The van der Waals surface area contributed by atoms with Crippen LogP contribution in [0, 0.1) is 0 Å². The number of ether oxygens (including phenoxy) is 2.